The molecule has 1 heterocycles. The molecule has 1 aromatic heterocycles. The van der Waals surface area contributed by atoms with Crippen LogP contribution in [0.2, 0.25) is 10.0 Å². The monoisotopic (exact) mass is 394 g/mol. The summed E-state index contributed by atoms with van der Waals surface area (Å²) in [5, 5.41) is 6.29. The van der Waals surface area contributed by atoms with Crippen molar-refractivity contribution >= 4 is 40.7 Å². The summed E-state index contributed by atoms with van der Waals surface area (Å²) < 4.78 is 0. The van der Waals surface area contributed by atoms with E-state index in [2.05, 4.69) is 15.6 Å². The van der Waals surface area contributed by atoms with Gasteiger partial charge in [-0.05, 0) is 51.3 Å². The Hall–Kier alpha value is -2.15. The zero-order valence-electron chi connectivity index (χ0n) is 14.6. The first kappa shape index (κ1) is 20.2. The fraction of sp³-hybridized carbons (Fsp3) is 0.278. The maximum absolute atomic E-state index is 12.4. The molecule has 2 N–H and O–H groups in total. The minimum Gasteiger partial charge on any atom is -0.352 e. The Kier molecular flexibility index (Phi) is 7.38. The van der Waals surface area contributed by atoms with Crippen molar-refractivity contribution in [2.24, 2.45) is 0 Å². The number of aromatic nitrogens is 1. The smallest absolute Gasteiger partial charge is 0.257 e. The zero-order chi connectivity index (χ0) is 19.1. The lowest BCUT2D eigenvalue weighted by molar-refractivity contribution is 0.0952. The van der Waals surface area contributed by atoms with Crippen molar-refractivity contribution in [1.82, 2.24) is 15.2 Å². The third-order valence-electron chi connectivity index (χ3n) is 3.51. The van der Waals surface area contributed by atoms with E-state index >= 15 is 0 Å². The number of carbonyl (C=O) groups excluding carboxylic acids is 2. The Morgan fingerprint density at radius 2 is 1.77 bits per heavy atom. The van der Waals surface area contributed by atoms with Gasteiger partial charge in [-0.2, -0.15) is 0 Å². The number of nitrogens with one attached hydrogen (secondary N) is 2. The summed E-state index contributed by atoms with van der Waals surface area (Å²) in [6.45, 7) is 1.43. The molecule has 0 aliphatic carbocycles. The number of hydrogen-bond donors (Lipinski definition) is 2. The van der Waals surface area contributed by atoms with Gasteiger partial charge in [-0.25, -0.2) is 0 Å². The number of pyridine rings is 1. The van der Waals surface area contributed by atoms with Gasteiger partial charge in [0.25, 0.3) is 11.8 Å². The van der Waals surface area contributed by atoms with E-state index in [4.69, 9.17) is 23.2 Å². The predicted octanol–water partition coefficient (Wildman–Crippen LogP) is 3.32. The summed E-state index contributed by atoms with van der Waals surface area (Å²) in [7, 11) is 3.95. The summed E-state index contributed by atoms with van der Waals surface area (Å²) >= 11 is 11.9. The predicted molar refractivity (Wildman–Crippen MR) is 104 cm³/mol. The highest BCUT2D eigenvalue weighted by Crippen LogP contribution is 2.25. The van der Waals surface area contributed by atoms with Gasteiger partial charge in [0.15, 0.2) is 0 Å². The fourth-order valence-electron chi connectivity index (χ4n) is 2.17. The molecule has 138 valence electrons. The highest BCUT2D eigenvalue weighted by molar-refractivity contribution is 6.36. The average molecular weight is 395 g/mol. The quantitative estimate of drug-likeness (QED) is 0.706. The van der Waals surface area contributed by atoms with Crippen LogP contribution in [0.5, 0.6) is 0 Å². The molecule has 0 atom stereocenters. The minimum atomic E-state index is -0.413. The molecule has 1 aromatic carbocycles. The Morgan fingerprint density at radius 3 is 2.42 bits per heavy atom. The van der Waals surface area contributed by atoms with Gasteiger partial charge in [0.2, 0.25) is 0 Å². The molecule has 8 heteroatoms. The number of nitrogens with zero attached hydrogens (tertiary/aromatic N) is 2. The molecular weight excluding hydrogens is 375 g/mol. The van der Waals surface area contributed by atoms with Crippen molar-refractivity contribution < 1.29 is 9.59 Å². The second kappa shape index (κ2) is 9.52. The largest absolute Gasteiger partial charge is 0.352 e. The highest BCUT2D eigenvalue weighted by atomic mass is 35.5. The van der Waals surface area contributed by atoms with Gasteiger partial charge in [0.05, 0.1) is 21.8 Å². The van der Waals surface area contributed by atoms with Crippen molar-refractivity contribution in [3.05, 3.63) is 57.8 Å². The van der Waals surface area contributed by atoms with Gasteiger partial charge in [0, 0.05) is 24.0 Å². The van der Waals surface area contributed by atoms with Crippen LogP contribution in [-0.2, 0) is 0 Å². The molecule has 0 fully saturated rings. The van der Waals surface area contributed by atoms with Gasteiger partial charge in [-0.1, -0.05) is 23.2 Å². The van der Waals surface area contributed by atoms with Crippen LogP contribution in [0.4, 0.5) is 5.69 Å². The fourth-order valence-corrected chi connectivity index (χ4v) is 2.63. The lowest BCUT2D eigenvalue weighted by atomic mass is 10.1. The molecule has 0 bridgehead atoms. The summed E-state index contributed by atoms with van der Waals surface area (Å²) in [5.74, 6) is -0.681. The molecule has 6 nitrogen and oxygen atoms in total. The summed E-state index contributed by atoms with van der Waals surface area (Å²) in [4.78, 5) is 30.6. The molecule has 2 amide bonds. The number of halogens is 2. The Bertz CT molecular complexity index is 797. The lowest BCUT2D eigenvalue weighted by Crippen LogP contribution is -2.27. The highest BCUT2D eigenvalue weighted by Gasteiger charge is 2.13. The van der Waals surface area contributed by atoms with E-state index in [-0.39, 0.29) is 11.5 Å². The van der Waals surface area contributed by atoms with Crippen molar-refractivity contribution in [1.29, 1.82) is 0 Å². The number of amides is 2. The normalized spacial score (nSPS) is 10.7. The molecule has 0 spiro atoms. The molecule has 0 aliphatic rings. The van der Waals surface area contributed by atoms with E-state index in [1.54, 1.807) is 12.1 Å². The number of anilines is 1. The van der Waals surface area contributed by atoms with Gasteiger partial charge in [-0.3, -0.25) is 14.6 Å². The third-order valence-corrected chi connectivity index (χ3v) is 4.06. The number of hydrogen-bond acceptors (Lipinski definition) is 4. The molecule has 0 saturated carbocycles. The van der Waals surface area contributed by atoms with E-state index < -0.39 is 5.91 Å². The van der Waals surface area contributed by atoms with E-state index in [0.717, 1.165) is 13.0 Å². The maximum Gasteiger partial charge on any atom is 0.257 e. The number of rotatable bonds is 7. The van der Waals surface area contributed by atoms with Gasteiger partial charge >= 0.3 is 0 Å². The third kappa shape index (κ3) is 5.98. The number of benzene rings is 1. The molecule has 26 heavy (non-hydrogen) atoms. The SMILES string of the molecule is CN(C)CCCNC(=O)c1cncc(C(=O)Nc2ccc(Cl)cc2Cl)c1. The van der Waals surface area contributed by atoms with Crippen LogP contribution in [-0.4, -0.2) is 48.9 Å². The summed E-state index contributed by atoms with van der Waals surface area (Å²) in [6, 6.07) is 6.26. The van der Waals surface area contributed by atoms with Crippen LogP contribution in [0.1, 0.15) is 27.1 Å². The molecule has 2 rings (SSSR count). The first-order valence-electron chi connectivity index (χ1n) is 8.01. The van der Waals surface area contributed by atoms with E-state index in [1.165, 1.54) is 24.5 Å². The van der Waals surface area contributed by atoms with Crippen molar-refractivity contribution in [2.45, 2.75) is 6.42 Å². The van der Waals surface area contributed by atoms with Crippen LogP contribution in [0.3, 0.4) is 0 Å². The second-order valence-corrected chi connectivity index (χ2v) is 6.80. The Balaban J connectivity index is 2.01. The lowest BCUT2D eigenvalue weighted by Gasteiger charge is -2.10. The minimum absolute atomic E-state index is 0.261. The zero-order valence-corrected chi connectivity index (χ0v) is 16.1. The Labute approximate surface area is 162 Å². The van der Waals surface area contributed by atoms with Crippen LogP contribution < -0.4 is 10.6 Å². The summed E-state index contributed by atoms with van der Waals surface area (Å²) in [6.07, 6.45) is 3.65. The standard InChI is InChI=1S/C18H20Cl2N4O2/c1-24(2)7-3-6-22-17(25)12-8-13(11-21-10-12)18(26)23-16-5-4-14(19)9-15(16)20/h4-5,8-11H,3,6-7H2,1-2H3,(H,22,25)(H,23,26). The summed E-state index contributed by atoms with van der Waals surface area (Å²) in [5.41, 5.74) is 1.02. The van der Waals surface area contributed by atoms with Crippen LogP contribution >= 0.6 is 23.2 Å². The second-order valence-electron chi connectivity index (χ2n) is 5.95. The van der Waals surface area contributed by atoms with Crippen LogP contribution in [0.15, 0.2) is 36.7 Å². The molecule has 0 aliphatic heterocycles. The van der Waals surface area contributed by atoms with Crippen LogP contribution in [0, 0.1) is 0 Å². The van der Waals surface area contributed by atoms with Gasteiger partial charge in [0.1, 0.15) is 0 Å². The molecule has 0 unspecified atom stereocenters. The topological polar surface area (TPSA) is 74.3 Å². The molecule has 0 saturated heterocycles. The van der Waals surface area contributed by atoms with Crippen LogP contribution in [0.25, 0.3) is 0 Å². The molecule has 0 radical (unpaired) electrons. The Morgan fingerprint density at radius 1 is 1.08 bits per heavy atom. The first-order chi connectivity index (χ1) is 12.4. The van der Waals surface area contributed by atoms with E-state index in [0.29, 0.717) is 27.8 Å². The first-order valence-corrected chi connectivity index (χ1v) is 8.77. The van der Waals surface area contributed by atoms with Crippen molar-refractivity contribution in [2.75, 3.05) is 32.5 Å². The number of carbonyl (C=O) groups is 2. The van der Waals surface area contributed by atoms with Gasteiger partial charge in [-0.15, -0.1) is 0 Å². The molecular formula is C18H20Cl2N4O2. The van der Waals surface area contributed by atoms with Crippen molar-refractivity contribution in [3.63, 3.8) is 0 Å². The maximum atomic E-state index is 12.4. The van der Waals surface area contributed by atoms with E-state index in [1.807, 2.05) is 19.0 Å². The van der Waals surface area contributed by atoms with E-state index in [9.17, 15) is 9.59 Å². The van der Waals surface area contributed by atoms with Gasteiger partial charge < -0.3 is 15.5 Å². The average Bonchev–Trinajstić information content (AvgIpc) is 2.60. The molecule has 2 aromatic rings. The van der Waals surface area contributed by atoms with Crippen molar-refractivity contribution in [3.8, 4) is 0 Å².